The summed E-state index contributed by atoms with van der Waals surface area (Å²) >= 11 is 3.13. The van der Waals surface area contributed by atoms with Gasteiger partial charge in [0, 0.05) is 29.7 Å². The third-order valence-corrected chi connectivity index (χ3v) is 5.59. The summed E-state index contributed by atoms with van der Waals surface area (Å²) < 4.78 is 46.1. The quantitative estimate of drug-likeness (QED) is 0.782. The van der Waals surface area contributed by atoms with Crippen LogP contribution in [0.3, 0.4) is 0 Å². The minimum Gasteiger partial charge on any atom is -0.392 e. The number of likely N-dealkylation sites (N-methyl/N-ethyl adjacent to an activating group) is 1. The summed E-state index contributed by atoms with van der Waals surface area (Å²) in [6, 6.07) is 2.12. The summed E-state index contributed by atoms with van der Waals surface area (Å²) in [5, 5.41) is 9.13. The molecule has 0 fully saturated rings. The van der Waals surface area contributed by atoms with Crippen molar-refractivity contribution >= 4 is 26.0 Å². The highest BCUT2D eigenvalue weighted by Crippen LogP contribution is 2.27. The van der Waals surface area contributed by atoms with Crippen LogP contribution in [0, 0.1) is 5.82 Å². The predicted molar refractivity (Wildman–Crippen MR) is 80.9 cm³/mol. The Hall–Kier alpha value is -0.540. The van der Waals surface area contributed by atoms with Crippen LogP contribution in [-0.4, -0.2) is 44.1 Å². The van der Waals surface area contributed by atoms with Gasteiger partial charge in [0.05, 0.1) is 13.2 Å². The zero-order valence-electron chi connectivity index (χ0n) is 12.1. The van der Waals surface area contributed by atoms with Crippen LogP contribution < -0.4 is 0 Å². The van der Waals surface area contributed by atoms with E-state index in [0.29, 0.717) is 4.47 Å². The molecule has 120 valence electrons. The lowest BCUT2D eigenvalue weighted by Gasteiger charge is -2.27. The number of hydrogen-bond acceptors (Lipinski definition) is 4. The van der Waals surface area contributed by atoms with E-state index >= 15 is 0 Å². The number of rotatable bonds is 7. The Morgan fingerprint density at radius 1 is 1.48 bits per heavy atom. The number of aliphatic hydroxyl groups excluding tert-OH is 1. The number of methoxy groups -OCH3 is 1. The van der Waals surface area contributed by atoms with Crippen LogP contribution in [0.1, 0.15) is 19.4 Å². The third kappa shape index (κ3) is 4.01. The highest BCUT2D eigenvalue weighted by Gasteiger charge is 2.31. The first-order chi connectivity index (χ1) is 9.79. The van der Waals surface area contributed by atoms with Gasteiger partial charge in [0.15, 0.2) is 0 Å². The summed E-state index contributed by atoms with van der Waals surface area (Å²) in [5.41, 5.74) is -0.0709. The monoisotopic (exact) mass is 383 g/mol. The van der Waals surface area contributed by atoms with Gasteiger partial charge in [-0.25, -0.2) is 12.8 Å². The fraction of sp³-hybridized carbons (Fsp3) is 0.538. The number of aliphatic hydroxyl groups is 1. The van der Waals surface area contributed by atoms with E-state index in [4.69, 9.17) is 9.84 Å². The van der Waals surface area contributed by atoms with E-state index in [0.717, 1.165) is 0 Å². The van der Waals surface area contributed by atoms with E-state index in [2.05, 4.69) is 15.9 Å². The molecule has 5 nitrogen and oxygen atoms in total. The number of sulfonamides is 1. The molecule has 8 heteroatoms. The second-order valence-corrected chi connectivity index (χ2v) is 7.32. The van der Waals surface area contributed by atoms with Crippen LogP contribution in [0.2, 0.25) is 0 Å². The highest BCUT2D eigenvalue weighted by atomic mass is 79.9. The van der Waals surface area contributed by atoms with Crippen molar-refractivity contribution in [1.82, 2.24) is 4.31 Å². The van der Waals surface area contributed by atoms with E-state index in [9.17, 15) is 12.8 Å². The largest absolute Gasteiger partial charge is 0.392 e. The van der Waals surface area contributed by atoms with E-state index in [1.54, 1.807) is 13.8 Å². The fourth-order valence-electron chi connectivity index (χ4n) is 2.09. The van der Waals surface area contributed by atoms with Gasteiger partial charge >= 0.3 is 0 Å². The molecule has 0 spiro atoms. The molecule has 0 saturated carbocycles. The van der Waals surface area contributed by atoms with Crippen molar-refractivity contribution < 1.29 is 22.7 Å². The maximum Gasteiger partial charge on any atom is 0.246 e. The van der Waals surface area contributed by atoms with Crippen molar-refractivity contribution in [2.24, 2.45) is 0 Å². The standard InChI is InChI=1S/C13H19BrFNO4S/c1-4-16(9(2)8-20-3)21(18,19)12-6-11(14)5-10(7-17)13(12)15/h5-6,9,17H,4,7-8H2,1-3H3. The van der Waals surface area contributed by atoms with Gasteiger partial charge in [-0.1, -0.05) is 22.9 Å². The SMILES string of the molecule is CCN(C(C)COC)S(=O)(=O)c1cc(Br)cc(CO)c1F. The van der Waals surface area contributed by atoms with Gasteiger partial charge in [-0.15, -0.1) is 0 Å². The molecule has 0 aromatic heterocycles. The van der Waals surface area contributed by atoms with Crippen molar-refractivity contribution in [3.8, 4) is 0 Å². The van der Waals surface area contributed by atoms with E-state index in [1.165, 1.54) is 23.5 Å². The molecule has 1 aromatic rings. The topological polar surface area (TPSA) is 66.8 Å². The third-order valence-electron chi connectivity index (χ3n) is 3.05. The molecule has 1 N–H and O–H groups in total. The minimum absolute atomic E-state index is 0.0709. The summed E-state index contributed by atoms with van der Waals surface area (Å²) in [5.74, 6) is -0.927. The predicted octanol–water partition coefficient (Wildman–Crippen LogP) is 2.13. The van der Waals surface area contributed by atoms with Gasteiger partial charge in [-0.3, -0.25) is 0 Å². The second kappa shape index (κ2) is 7.64. The Morgan fingerprint density at radius 2 is 2.10 bits per heavy atom. The second-order valence-electron chi connectivity index (χ2n) is 4.55. The van der Waals surface area contributed by atoms with Crippen molar-refractivity contribution in [3.63, 3.8) is 0 Å². The van der Waals surface area contributed by atoms with E-state index in [-0.39, 0.29) is 18.7 Å². The molecule has 0 aliphatic carbocycles. The number of nitrogens with zero attached hydrogens (tertiary/aromatic N) is 1. The smallest absolute Gasteiger partial charge is 0.246 e. The van der Waals surface area contributed by atoms with Crippen LogP contribution in [0.15, 0.2) is 21.5 Å². The van der Waals surface area contributed by atoms with Crippen LogP contribution >= 0.6 is 15.9 Å². The first-order valence-corrected chi connectivity index (χ1v) is 8.62. The molecular formula is C13H19BrFNO4S. The molecule has 0 bridgehead atoms. The van der Waals surface area contributed by atoms with Crippen molar-refractivity contribution in [2.45, 2.75) is 31.4 Å². The fourth-order valence-corrected chi connectivity index (χ4v) is 4.51. The van der Waals surface area contributed by atoms with Gasteiger partial charge in [0.25, 0.3) is 0 Å². The normalized spacial score (nSPS) is 13.7. The summed E-state index contributed by atoms with van der Waals surface area (Å²) in [7, 11) is -2.55. The first kappa shape index (κ1) is 18.5. The van der Waals surface area contributed by atoms with Crippen molar-refractivity contribution in [2.75, 3.05) is 20.3 Å². The molecule has 1 aromatic carbocycles. The summed E-state index contributed by atoms with van der Waals surface area (Å²) in [4.78, 5) is -0.453. The Bertz CT molecular complexity index is 594. The lowest BCUT2D eigenvalue weighted by atomic mass is 10.2. The summed E-state index contributed by atoms with van der Waals surface area (Å²) in [6.07, 6.45) is 0. The van der Waals surface area contributed by atoms with Crippen LogP contribution in [0.5, 0.6) is 0 Å². The molecule has 21 heavy (non-hydrogen) atoms. The lowest BCUT2D eigenvalue weighted by Crippen LogP contribution is -2.41. The van der Waals surface area contributed by atoms with Gasteiger partial charge in [-0.05, 0) is 19.1 Å². The highest BCUT2D eigenvalue weighted by molar-refractivity contribution is 9.10. The number of hydrogen-bond donors (Lipinski definition) is 1. The lowest BCUT2D eigenvalue weighted by molar-refractivity contribution is 0.142. The molecule has 0 amide bonds. The van der Waals surface area contributed by atoms with Crippen LogP contribution in [-0.2, 0) is 21.4 Å². The molecule has 0 aliphatic rings. The molecule has 1 atom stereocenters. The molecule has 0 heterocycles. The molecule has 1 unspecified atom stereocenters. The summed E-state index contributed by atoms with van der Waals surface area (Å²) in [6.45, 7) is 3.18. The average Bonchev–Trinajstić information content (AvgIpc) is 2.41. The molecule has 0 aliphatic heterocycles. The van der Waals surface area contributed by atoms with Gasteiger partial charge < -0.3 is 9.84 Å². The molecule has 1 rings (SSSR count). The number of ether oxygens (including phenoxy) is 1. The Morgan fingerprint density at radius 3 is 2.57 bits per heavy atom. The Kier molecular flexibility index (Phi) is 6.73. The Labute approximate surface area is 132 Å². The average molecular weight is 384 g/mol. The van der Waals surface area contributed by atoms with Crippen LogP contribution in [0.4, 0.5) is 4.39 Å². The van der Waals surface area contributed by atoms with Crippen molar-refractivity contribution in [1.29, 1.82) is 0 Å². The number of halogens is 2. The minimum atomic E-state index is -4.02. The number of benzene rings is 1. The maximum absolute atomic E-state index is 14.3. The van der Waals surface area contributed by atoms with E-state index in [1.807, 2.05) is 0 Å². The van der Waals surface area contributed by atoms with Crippen molar-refractivity contribution in [3.05, 3.63) is 28.0 Å². The first-order valence-electron chi connectivity index (χ1n) is 6.39. The molecular weight excluding hydrogens is 365 g/mol. The zero-order valence-corrected chi connectivity index (χ0v) is 14.5. The van der Waals surface area contributed by atoms with Gasteiger partial charge in [0.1, 0.15) is 10.7 Å². The van der Waals surface area contributed by atoms with E-state index < -0.39 is 33.4 Å². The van der Waals surface area contributed by atoms with Gasteiger partial charge in [0.2, 0.25) is 10.0 Å². The van der Waals surface area contributed by atoms with Gasteiger partial charge in [-0.2, -0.15) is 4.31 Å². The zero-order chi connectivity index (χ0) is 16.2. The molecule has 0 radical (unpaired) electrons. The maximum atomic E-state index is 14.3. The van der Waals surface area contributed by atoms with Crippen LogP contribution in [0.25, 0.3) is 0 Å². The molecule has 0 saturated heterocycles. The Balaban J connectivity index is 3.39.